The van der Waals surface area contributed by atoms with Crippen LogP contribution in [0.3, 0.4) is 0 Å². The zero-order valence-corrected chi connectivity index (χ0v) is 13.8. The van der Waals surface area contributed by atoms with Crippen LogP contribution in [-0.2, 0) is 0 Å². The van der Waals surface area contributed by atoms with E-state index in [2.05, 4.69) is 9.98 Å². The van der Waals surface area contributed by atoms with E-state index in [0.717, 1.165) is 5.56 Å². The van der Waals surface area contributed by atoms with Gasteiger partial charge in [-0.25, -0.2) is 4.98 Å². The Bertz CT molecular complexity index is 1160. The zero-order chi connectivity index (χ0) is 17.9. The number of aliphatic imine (C=N–C) groups is 1. The Kier molecular flexibility index (Phi) is 4.03. The highest BCUT2D eigenvalue weighted by molar-refractivity contribution is 5.86. The van der Waals surface area contributed by atoms with Crippen molar-refractivity contribution in [3.05, 3.63) is 94.8 Å². The third-order valence-corrected chi connectivity index (χ3v) is 4.05. The fraction of sp³-hybridized carbons (Fsp3) is 0. The second kappa shape index (κ2) is 6.64. The Morgan fingerprint density at radius 1 is 0.885 bits per heavy atom. The molecule has 26 heavy (non-hydrogen) atoms. The molecule has 0 saturated heterocycles. The molecule has 0 unspecified atom stereocenters. The lowest BCUT2D eigenvalue weighted by atomic mass is 10.1. The van der Waals surface area contributed by atoms with Crippen molar-refractivity contribution in [1.29, 1.82) is 0 Å². The lowest BCUT2D eigenvalue weighted by molar-refractivity contribution is 0.178. The van der Waals surface area contributed by atoms with Gasteiger partial charge in [-0.05, 0) is 29.8 Å². The van der Waals surface area contributed by atoms with Gasteiger partial charge in [0, 0.05) is 11.8 Å². The van der Waals surface area contributed by atoms with Gasteiger partial charge >= 0.3 is 0 Å². The Labute approximate surface area is 149 Å². The Morgan fingerprint density at radius 3 is 2.42 bits per heavy atom. The van der Waals surface area contributed by atoms with Crippen molar-refractivity contribution in [2.45, 2.75) is 0 Å². The van der Waals surface area contributed by atoms with Gasteiger partial charge in [-0.2, -0.15) is 0 Å². The summed E-state index contributed by atoms with van der Waals surface area (Å²) < 4.78 is 0.583. The molecule has 0 fully saturated rings. The number of rotatable bonds is 3. The van der Waals surface area contributed by atoms with E-state index in [1.54, 1.807) is 36.5 Å². The number of hydrogen-bond donors (Lipinski definition) is 1. The zero-order valence-electron chi connectivity index (χ0n) is 13.8. The first-order chi connectivity index (χ1) is 12.7. The second-order valence-electron chi connectivity index (χ2n) is 5.76. The minimum absolute atomic E-state index is 0.162. The molecule has 0 aliphatic heterocycles. The van der Waals surface area contributed by atoms with E-state index in [9.17, 15) is 10.0 Å². The molecular weight excluding hydrogens is 326 g/mol. The number of para-hydroxylation sites is 2. The highest BCUT2D eigenvalue weighted by Crippen LogP contribution is 2.28. The van der Waals surface area contributed by atoms with Crippen molar-refractivity contribution in [2.24, 2.45) is 4.99 Å². The predicted molar refractivity (Wildman–Crippen MR) is 102 cm³/mol. The van der Waals surface area contributed by atoms with E-state index in [0.29, 0.717) is 26.9 Å². The molecule has 0 radical (unpaired) electrons. The first kappa shape index (κ1) is 15.8. The Balaban J connectivity index is 1.87. The Hall–Kier alpha value is -3.73. The van der Waals surface area contributed by atoms with Crippen LogP contribution >= 0.6 is 0 Å². The SMILES string of the molecule is O=c1c2ccccc2nc(-c2ccccc2N=Cc2ccccc2)n1O. The summed E-state index contributed by atoms with van der Waals surface area (Å²) >= 11 is 0. The number of hydrogen-bond acceptors (Lipinski definition) is 4. The number of benzene rings is 3. The van der Waals surface area contributed by atoms with Crippen LogP contribution in [0, 0.1) is 0 Å². The summed E-state index contributed by atoms with van der Waals surface area (Å²) in [6.45, 7) is 0. The van der Waals surface area contributed by atoms with Gasteiger partial charge in [0.2, 0.25) is 0 Å². The van der Waals surface area contributed by atoms with Gasteiger partial charge in [-0.15, -0.1) is 4.73 Å². The van der Waals surface area contributed by atoms with E-state index in [-0.39, 0.29) is 5.82 Å². The van der Waals surface area contributed by atoms with Crippen LogP contribution < -0.4 is 5.56 Å². The van der Waals surface area contributed by atoms with Crippen LogP contribution in [0.2, 0.25) is 0 Å². The average molecular weight is 341 g/mol. The second-order valence-corrected chi connectivity index (χ2v) is 5.76. The van der Waals surface area contributed by atoms with E-state index in [1.165, 1.54) is 0 Å². The summed E-state index contributed by atoms with van der Waals surface area (Å²) in [5.74, 6) is 0.162. The molecular formula is C21H15N3O2. The van der Waals surface area contributed by atoms with E-state index >= 15 is 0 Å². The van der Waals surface area contributed by atoms with E-state index in [1.807, 2.05) is 48.5 Å². The number of aromatic nitrogens is 2. The van der Waals surface area contributed by atoms with Crippen LogP contribution in [0.5, 0.6) is 0 Å². The molecule has 0 bridgehead atoms. The van der Waals surface area contributed by atoms with Crippen LogP contribution in [0.15, 0.2) is 88.6 Å². The summed E-state index contributed by atoms with van der Waals surface area (Å²) in [4.78, 5) is 21.4. The molecule has 1 aromatic heterocycles. The van der Waals surface area contributed by atoms with Gasteiger partial charge < -0.3 is 5.21 Å². The minimum Gasteiger partial charge on any atom is -0.423 e. The summed E-state index contributed by atoms with van der Waals surface area (Å²) in [5.41, 5.74) is 2.16. The standard InChI is InChI=1S/C21H15N3O2/c25-21-17-11-5-7-13-19(17)23-20(24(21)26)16-10-4-6-12-18(16)22-14-15-8-2-1-3-9-15/h1-14,26H. The molecule has 0 aliphatic rings. The summed E-state index contributed by atoms with van der Waals surface area (Å²) in [7, 11) is 0. The molecule has 4 aromatic rings. The Morgan fingerprint density at radius 2 is 1.58 bits per heavy atom. The smallest absolute Gasteiger partial charge is 0.294 e. The third kappa shape index (κ3) is 2.86. The molecule has 5 heteroatoms. The topological polar surface area (TPSA) is 67.5 Å². The molecule has 0 aliphatic carbocycles. The van der Waals surface area contributed by atoms with Crippen LogP contribution in [0.4, 0.5) is 5.69 Å². The normalized spacial score (nSPS) is 11.2. The van der Waals surface area contributed by atoms with E-state index < -0.39 is 5.56 Å². The summed E-state index contributed by atoms with van der Waals surface area (Å²) in [6.07, 6.45) is 1.74. The van der Waals surface area contributed by atoms with Gasteiger partial charge in [0.05, 0.1) is 16.6 Å². The third-order valence-electron chi connectivity index (χ3n) is 4.05. The van der Waals surface area contributed by atoms with Crippen molar-refractivity contribution in [3.63, 3.8) is 0 Å². The van der Waals surface area contributed by atoms with Gasteiger partial charge in [-0.1, -0.05) is 54.6 Å². The van der Waals surface area contributed by atoms with Crippen LogP contribution in [0.1, 0.15) is 5.56 Å². The average Bonchev–Trinajstić information content (AvgIpc) is 2.70. The maximum absolute atomic E-state index is 12.4. The maximum Gasteiger partial charge on any atom is 0.294 e. The summed E-state index contributed by atoms with van der Waals surface area (Å²) in [6, 6.07) is 23.9. The van der Waals surface area contributed by atoms with Crippen LogP contribution in [0.25, 0.3) is 22.3 Å². The van der Waals surface area contributed by atoms with Gasteiger partial charge in [-0.3, -0.25) is 9.79 Å². The van der Waals surface area contributed by atoms with Gasteiger partial charge in [0.15, 0.2) is 5.82 Å². The van der Waals surface area contributed by atoms with Crippen molar-refractivity contribution in [3.8, 4) is 11.4 Å². The first-order valence-electron chi connectivity index (χ1n) is 8.13. The molecule has 0 atom stereocenters. The first-order valence-corrected chi connectivity index (χ1v) is 8.13. The monoisotopic (exact) mass is 341 g/mol. The van der Waals surface area contributed by atoms with Gasteiger partial charge in [0.25, 0.3) is 5.56 Å². The minimum atomic E-state index is -0.507. The van der Waals surface area contributed by atoms with Crippen molar-refractivity contribution in [1.82, 2.24) is 9.71 Å². The lowest BCUT2D eigenvalue weighted by Crippen LogP contribution is -2.21. The van der Waals surface area contributed by atoms with Crippen molar-refractivity contribution in [2.75, 3.05) is 0 Å². The summed E-state index contributed by atoms with van der Waals surface area (Å²) in [5, 5.41) is 10.7. The van der Waals surface area contributed by atoms with Crippen LogP contribution in [-0.4, -0.2) is 21.1 Å². The fourth-order valence-corrected chi connectivity index (χ4v) is 2.76. The molecule has 3 aromatic carbocycles. The molecule has 126 valence electrons. The molecule has 0 spiro atoms. The number of nitrogens with zero attached hydrogens (tertiary/aromatic N) is 3. The lowest BCUT2D eigenvalue weighted by Gasteiger charge is -2.09. The number of fused-ring (bicyclic) bond motifs is 1. The maximum atomic E-state index is 12.4. The largest absolute Gasteiger partial charge is 0.423 e. The molecule has 5 nitrogen and oxygen atoms in total. The molecule has 0 saturated carbocycles. The van der Waals surface area contributed by atoms with Crippen molar-refractivity contribution < 1.29 is 5.21 Å². The predicted octanol–water partition coefficient (Wildman–Crippen LogP) is 4.05. The highest BCUT2D eigenvalue weighted by Gasteiger charge is 2.14. The van der Waals surface area contributed by atoms with E-state index in [4.69, 9.17) is 0 Å². The van der Waals surface area contributed by atoms with Gasteiger partial charge in [0.1, 0.15) is 0 Å². The molecule has 0 amide bonds. The fourth-order valence-electron chi connectivity index (χ4n) is 2.76. The molecule has 1 N–H and O–H groups in total. The molecule has 1 heterocycles. The molecule has 4 rings (SSSR count). The quantitative estimate of drug-likeness (QED) is 0.451. The highest BCUT2D eigenvalue weighted by atomic mass is 16.5. The van der Waals surface area contributed by atoms with Crippen molar-refractivity contribution >= 4 is 22.8 Å².